The molecule has 2 heterocycles. The molecule has 0 bridgehead atoms. The highest BCUT2D eigenvalue weighted by atomic mass is 16.2. The van der Waals surface area contributed by atoms with E-state index in [1.807, 2.05) is 18.7 Å². The third-order valence-electron chi connectivity index (χ3n) is 7.82. The minimum absolute atomic E-state index is 0.0661. The first-order valence-corrected chi connectivity index (χ1v) is 12.5. The summed E-state index contributed by atoms with van der Waals surface area (Å²) >= 11 is 0. The number of hydrogen-bond donors (Lipinski definition) is 2. The zero-order valence-electron chi connectivity index (χ0n) is 20.1. The molecule has 0 saturated carbocycles. The molecule has 1 aliphatic heterocycles. The SMILES string of the molecule is CCN(CC)C(=O)N[C@H]1C[C@@H]2c3cccc4[nH]c(CCc5ccccc5)c(c34)C[C@H]2N(C)C1. The molecule has 0 spiro atoms. The van der Waals surface area contributed by atoms with Gasteiger partial charge in [0.1, 0.15) is 0 Å². The molecule has 3 atom stereocenters. The molecule has 2 aromatic carbocycles. The van der Waals surface area contributed by atoms with E-state index in [0.29, 0.717) is 12.0 Å². The molecular formula is C28H36N4O. The van der Waals surface area contributed by atoms with E-state index < -0.39 is 0 Å². The Morgan fingerprint density at radius 2 is 1.88 bits per heavy atom. The van der Waals surface area contributed by atoms with Crippen molar-refractivity contribution in [2.45, 2.75) is 57.5 Å². The number of aromatic amines is 1. The molecule has 0 radical (unpaired) electrons. The van der Waals surface area contributed by atoms with Gasteiger partial charge in [-0.25, -0.2) is 4.79 Å². The predicted molar refractivity (Wildman–Crippen MR) is 135 cm³/mol. The zero-order valence-corrected chi connectivity index (χ0v) is 20.1. The molecule has 5 nitrogen and oxygen atoms in total. The normalized spacial score (nSPS) is 22.2. The Hall–Kier alpha value is -2.79. The molecule has 1 saturated heterocycles. The maximum atomic E-state index is 12.7. The lowest BCUT2D eigenvalue weighted by Gasteiger charge is -2.46. The van der Waals surface area contributed by atoms with Gasteiger partial charge < -0.3 is 20.1 Å². The summed E-state index contributed by atoms with van der Waals surface area (Å²) in [6, 6.07) is 18.2. The average Bonchev–Trinajstić information content (AvgIpc) is 3.18. The monoisotopic (exact) mass is 444 g/mol. The standard InChI is InChI=1S/C28H36N4O/c1-4-32(5-2)28(33)29-20-16-22-21-12-9-13-25-27(21)23(17-26(22)31(3)18-20)24(30-25)15-14-19-10-7-6-8-11-19/h6-13,20,22,26,30H,4-5,14-18H2,1-3H3,(H,29,33)/t20-,22+,26+/m0/s1. The van der Waals surface area contributed by atoms with Crippen molar-refractivity contribution in [2.75, 3.05) is 26.7 Å². The Bertz CT molecular complexity index is 1120. The molecule has 0 unspecified atom stereocenters. The van der Waals surface area contributed by atoms with Gasteiger partial charge in [0.05, 0.1) is 0 Å². The van der Waals surface area contributed by atoms with E-state index >= 15 is 0 Å². The number of H-pyrrole nitrogens is 1. The van der Waals surface area contributed by atoms with Crippen molar-refractivity contribution in [3.63, 3.8) is 0 Å². The van der Waals surface area contributed by atoms with Crippen LogP contribution >= 0.6 is 0 Å². The smallest absolute Gasteiger partial charge is 0.317 e. The molecule has 5 heteroatoms. The third kappa shape index (κ3) is 4.15. The van der Waals surface area contributed by atoms with Crippen LogP contribution in [0.4, 0.5) is 4.79 Å². The van der Waals surface area contributed by atoms with Crippen LogP contribution in [0.1, 0.15) is 48.6 Å². The number of likely N-dealkylation sites (N-methyl/N-ethyl adjacent to an activating group) is 1. The Balaban J connectivity index is 1.41. The molecule has 33 heavy (non-hydrogen) atoms. The summed E-state index contributed by atoms with van der Waals surface area (Å²) in [7, 11) is 2.23. The van der Waals surface area contributed by atoms with Gasteiger partial charge in [0.2, 0.25) is 0 Å². The number of fused-ring (bicyclic) bond motifs is 2. The number of carbonyl (C=O) groups is 1. The molecule has 1 aromatic heterocycles. The largest absolute Gasteiger partial charge is 0.358 e. The molecule has 3 aromatic rings. The highest BCUT2D eigenvalue weighted by Gasteiger charge is 2.40. The van der Waals surface area contributed by atoms with Gasteiger partial charge in [0.15, 0.2) is 0 Å². The second kappa shape index (κ2) is 9.22. The van der Waals surface area contributed by atoms with E-state index in [-0.39, 0.29) is 12.1 Å². The summed E-state index contributed by atoms with van der Waals surface area (Å²) < 4.78 is 0. The van der Waals surface area contributed by atoms with E-state index in [4.69, 9.17) is 0 Å². The van der Waals surface area contributed by atoms with Crippen LogP contribution in [-0.2, 0) is 19.3 Å². The van der Waals surface area contributed by atoms with Crippen LogP contribution in [-0.4, -0.2) is 59.6 Å². The highest BCUT2D eigenvalue weighted by molar-refractivity contribution is 5.89. The van der Waals surface area contributed by atoms with Crippen LogP contribution in [0.2, 0.25) is 0 Å². The number of aromatic nitrogens is 1. The van der Waals surface area contributed by atoms with Gasteiger partial charge in [0, 0.05) is 54.2 Å². The van der Waals surface area contributed by atoms with Crippen LogP contribution in [0.25, 0.3) is 10.9 Å². The van der Waals surface area contributed by atoms with Gasteiger partial charge in [0.25, 0.3) is 0 Å². The lowest BCUT2D eigenvalue weighted by Crippen LogP contribution is -2.56. The Kier molecular flexibility index (Phi) is 6.15. The van der Waals surface area contributed by atoms with Crippen molar-refractivity contribution in [3.8, 4) is 0 Å². The van der Waals surface area contributed by atoms with Gasteiger partial charge in [-0.15, -0.1) is 0 Å². The second-order valence-electron chi connectivity index (χ2n) is 9.71. The van der Waals surface area contributed by atoms with Gasteiger partial charge in [-0.1, -0.05) is 42.5 Å². The topological polar surface area (TPSA) is 51.4 Å². The molecule has 1 aliphatic carbocycles. The maximum Gasteiger partial charge on any atom is 0.317 e. The Morgan fingerprint density at radius 1 is 1.09 bits per heavy atom. The summed E-state index contributed by atoms with van der Waals surface area (Å²) in [5.74, 6) is 0.444. The number of rotatable bonds is 6. The van der Waals surface area contributed by atoms with Crippen molar-refractivity contribution in [1.82, 2.24) is 20.1 Å². The number of amides is 2. The van der Waals surface area contributed by atoms with Crippen LogP contribution in [0.15, 0.2) is 48.5 Å². The summed E-state index contributed by atoms with van der Waals surface area (Å²) in [6.45, 7) is 6.47. The molecular weight excluding hydrogens is 408 g/mol. The number of nitrogens with zero attached hydrogens (tertiary/aromatic N) is 2. The van der Waals surface area contributed by atoms with E-state index in [1.54, 1.807) is 0 Å². The second-order valence-corrected chi connectivity index (χ2v) is 9.71. The quantitative estimate of drug-likeness (QED) is 0.578. The van der Waals surface area contributed by atoms with Crippen LogP contribution in [0.5, 0.6) is 0 Å². The first-order chi connectivity index (χ1) is 16.1. The minimum atomic E-state index is 0.0661. The number of piperidine rings is 1. The third-order valence-corrected chi connectivity index (χ3v) is 7.82. The first kappa shape index (κ1) is 22.0. The fraction of sp³-hybridized carbons (Fsp3) is 0.464. The Morgan fingerprint density at radius 3 is 2.64 bits per heavy atom. The van der Waals surface area contributed by atoms with Crippen LogP contribution in [0, 0.1) is 0 Å². The number of urea groups is 1. The number of nitrogens with one attached hydrogen (secondary N) is 2. The highest BCUT2D eigenvalue weighted by Crippen LogP contribution is 2.44. The van der Waals surface area contributed by atoms with Crippen molar-refractivity contribution >= 4 is 16.9 Å². The molecule has 174 valence electrons. The van der Waals surface area contributed by atoms with E-state index in [1.165, 1.54) is 33.3 Å². The van der Waals surface area contributed by atoms with Gasteiger partial charge in [-0.3, -0.25) is 0 Å². The first-order valence-electron chi connectivity index (χ1n) is 12.5. The Labute approximate surface area is 197 Å². The maximum absolute atomic E-state index is 12.7. The molecule has 5 rings (SSSR count). The van der Waals surface area contributed by atoms with Gasteiger partial charge >= 0.3 is 6.03 Å². The van der Waals surface area contributed by atoms with Gasteiger partial charge in [-0.2, -0.15) is 0 Å². The summed E-state index contributed by atoms with van der Waals surface area (Å²) in [4.78, 5) is 20.8. The molecule has 2 aliphatic rings. The van der Waals surface area contributed by atoms with Crippen LogP contribution < -0.4 is 5.32 Å². The van der Waals surface area contributed by atoms with Gasteiger partial charge in [-0.05, 0) is 69.3 Å². The number of likely N-dealkylation sites (tertiary alicyclic amines) is 1. The lowest BCUT2D eigenvalue weighted by molar-refractivity contribution is 0.124. The predicted octanol–water partition coefficient (Wildman–Crippen LogP) is 4.72. The summed E-state index contributed by atoms with van der Waals surface area (Å²) in [5.41, 5.74) is 7.01. The average molecular weight is 445 g/mol. The fourth-order valence-corrected chi connectivity index (χ4v) is 6.11. The van der Waals surface area contributed by atoms with E-state index in [0.717, 1.165) is 45.3 Å². The zero-order chi connectivity index (χ0) is 22.9. The molecule has 1 fully saturated rings. The molecule has 2 N–H and O–H groups in total. The summed E-state index contributed by atoms with van der Waals surface area (Å²) in [5, 5.41) is 4.76. The van der Waals surface area contributed by atoms with Crippen LogP contribution in [0.3, 0.4) is 0 Å². The number of benzene rings is 2. The molecule has 2 amide bonds. The number of carbonyl (C=O) groups excluding carboxylic acids is 1. The summed E-state index contributed by atoms with van der Waals surface area (Å²) in [6.07, 6.45) is 4.18. The lowest BCUT2D eigenvalue weighted by atomic mass is 9.73. The minimum Gasteiger partial charge on any atom is -0.358 e. The van der Waals surface area contributed by atoms with Crippen molar-refractivity contribution < 1.29 is 4.79 Å². The van der Waals surface area contributed by atoms with Crippen molar-refractivity contribution in [3.05, 3.63) is 70.9 Å². The van der Waals surface area contributed by atoms with E-state index in [2.05, 4.69) is 70.8 Å². The van der Waals surface area contributed by atoms with Crippen molar-refractivity contribution in [1.29, 1.82) is 0 Å². The fourth-order valence-electron chi connectivity index (χ4n) is 6.11. The number of hydrogen-bond acceptors (Lipinski definition) is 2. The van der Waals surface area contributed by atoms with E-state index in [9.17, 15) is 4.79 Å². The number of aryl methyl sites for hydroxylation is 2. The van der Waals surface area contributed by atoms with Crippen molar-refractivity contribution in [2.24, 2.45) is 0 Å².